The summed E-state index contributed by atoms with van der Waals surface area (Å²) in [5.41, 5.74) is 5.17. The Morgan fingerprint density at radius 1 is 1.04 bits per heavy atom. The van der Waals surface area contributed by atoms with Gasteiger partial charge in [-0.3, -0.25) is 0 Å². The molecular weight excluding hydrogens is 366 g/mol. The van der Waals surface area contributed by atoms with Crippen molar-refractivity contribution in [3.8, 4) is 0 Å². The number of thiocarbonyl (C=S) groups is 1. The summed E-state index contributed by atoms with van der Waals surface area (Å²) in [7, 11) is 0. The van der Waals surface area contributed by atoms with Gasteiger partial charge in [-0.05, 0) is 55.2 Å². The van der Waals surface area contributed by atoms with Gasteiger partial charge in [0, 0.05) is 43.1 Å². The van der Waals surface area contributed by atoms with Crippen LogP contribution in [0.15, 0.2) is 53.5 Å². The topological polar surface area (TPSA) is 42.9 Å². The van der Waals surface area contributed by atoms with E-state index in [1.807, 2.05) is 30.3 Å². The quantitative estimate of drug-likeness (QED) is 0.723. The van der Waals surface area contributed by atoms with Crippen molar-refractivity contribution in [1.29, 1.82) is 0 Å². The Bertz CT molecular complexity index is 902. The van der Waals surface area contributed by atoms with Gasteiger partial charge in [-0.25, -0.2) is 4.99 Å². The summed E-state index contributed by atoms with van der Waals surface area (Å²) >= 11 is 5.61. The minimum atomic E-state index is 0.315. The number of guanidine groups is 1. The highest BCUT2D eigenvalue weighted by molar-refractivity contribution is 7.80. The van der Waals surface area contributed by atoms with Gasteiger partial charge in [-0.1, -0.05) is 30.3 Å². The minimum absolute atomic E-state index is 0.315. The number of rotatable bonds is 1. The summed E-state index contributed by atoms with van der Waals surface area (Å²) in [6.45, 7) is 3.64. The molecule has 5 rings (SSSR count). The van der Waals surface area contributed by atoms with Crippen molar-refractivity contribution in [3.05, 3.63) is 59.7 Å². The van der Waals surface area contributed by atoms with Crippen molar-refractivity contribution in [1.82, 2.24) is 9.80 Å². The van der Waals surface area contributed by atoms with Crippen molar-refractivity contribution in [3.63, 3.8) is 0 Å². The van der Waals surface area contributed by atoms with Crippen LogP contribution in [0.1, 0.15) is 30.0 Å². The lowest BCUT2D eigenvalue weighted by molar-refractivity contribution is 0.259. The minimum Gasteiger partial charge on any atom is -0.345 e. The molecule has 28 heavy (non-hydrogen) atoms. The van der Waals surface area contributed by atoms with Crippen LogP contribution < -0.4 is 10.6 Å². The largest absolute Gasteiger partial charge is 0.345 e. The van der Waals surface area contributed by atoms with Crippen LogP contribution in [0.2, 0.25) is 0 Å². The molecule has 144 valence electrons. The lowest BCUT2D eigenvalue weighted by Crippen LogP contribution is -2.53. The zero-order valence-corrected chi connectivity index (χ0v) is 16.7. The third-order valence-electron chi connectivity index (χ3n) is 5.87. The van der Waals surface area contributed by atoms with E-state index in [9.17, 15) is 0 Å². The van der Waals surface area contributed by atoms with Gasteiger partial charge >= 0.3 is 0 Å². The number of benzene rings is 2. The number of hydrogen-bond donors (Lipinski definition) is 2. The number of piperazine rings is 1. The first-order valence-electron chi connectivity index (χ1n) is 10.1. The van der Waals surface area contributed by atoms with Crippen molar-refractivity contribution >= 4 is 34.7 Å². The van der Waals surface area contributed by atoms with E-state index in [1.54, 1.807) is 0 Å². The van der Waals surface area contributed by atoms with Crippen LogP contribution in [0.5, 0.6) is 0 Å². The summed E-state index contributed by atoms with van der Waals surface area (Å²) in [6.07, 6.45) is 3.56. The maximum Gasteiger partial charge on any atom is 0.199 e. The molecule has 0 spiro atoms. The molecule has 0 radical (unpaired) electrons. The normalized spacial score (nSPS) is 20.7. The van der Waals surface area contributed by atoms with Crippen molar-refractivity contribution < 1.29 is 0 Å². The van der Waals surface area contributed by atoms with Gasteiger partial charge in [0.1, 0.15) is 0 Å². The predicted octanol–water partition coefficient (Wildman–Crippen LogP) is 3.86. The van der Waals surface area contributed by atoms with E-state index in [1.165, 1.54) is 29.7 Å². The van der Waals surface area contributed by atoms with Crippen molar-refractivity contribution in [2.45, 2.75) is 25.3 Å². The number of para-hydroxylation sites is 1. The molecule has 5 nitrogen and oxygen atoms in total. The molecule has 3 aliphatic rings. The number of aliphatic imine (C=N–C) groups is 1. The molecule has 2 N–H and O–H groups in total. The van der Waals surface area contributed by atoms with Gasteiger partial charge in [-0.2, -0.15) is 0 Å². The first-order valence-corrected chi connectivity index (χ1v) is 10.5. The zero-order chi connectivity index (χ0) is 18.9. The first kappa shape index (κ1) is 17.5. The molecule has 1 fully saturated rings. The van der Waals surface area contributed by atoms with E-state index >= 15 is 0 Å². The van der Waals surface area contributed by atoms with Gasteiger partial charge in [0.15, 0.2) is 11.1 Å². The van der Waals surface area contributed by atoms with Gasteiger partial charge in [0.25, 0.3) is 0 Å². The SMILES string of the molecule is S=C(Nc1ccccc1)N1CCN(C2=NC3CCCc4cccc(c43)N2)CC1. The number of aryl methyl sites for hydroxylation is 1. The van der Waals surface area contributed by atoms with Crippen LogP contribution in [0.3, 0.4) is 0 Å². The lowest BCUT2D eigenvalue weighted by Gasteiger charge is -2.40. The third-order valence-corrected chi connectivity index (χ3v) is 6.23. The second kappa shape index (κ2) is 7.43. The Kier molecular flexibility index (Phi) is 4.64. The van der Waals surface area contributed by atoms with Crippen LogP contribution in [0.25, 0.3) is 0 Å². The number of nitrogens with zero attached hydrogens (tertiary/aromatic N) is 3. The fourth-order valence-electron chi connectivity index (χ4n) is 4.40. The van der Waals surface area contributed by atoms with Gasteiger partial charge < -0.3 is 20.4 Å². The second-order valence-electron chi connectivity index (χ2n) is 7.63. The van der Waals surface area contributed by atoms with Crippen LogP contribution in [0.4, 0.5) is 11.4 Å². The molecule has 2 heterocycles. The molecule has 1 aliphatic carbocycles. The highest BCUT2D eigenvalue weighted by atomic mass is 32.1. The van der Waals surface area contributed by atoms with E-state index in [2.05, 4.69) is 38.6 Å². The first-order chi connectivity index (χ1) is 13.8. The molecule has 0 aromatic heterocycles. The van der Waals surface area contributed by atoms with E-state index in [4.69, 9.17) is 17.2 Å². The predicted molar refractivity (Wildman–Crippen MR) is 119 cm³/mol. The van der Waals surface area contributed by atoms with Crippen LogP contribution in [-0.4, -0.2) is 47.1 Å². The number of hydrogen-bond acceptors (Lipinski definition) is 4. The van der Waals surface area contributed by atoms with Gasteiger partial charge in [0.2, 0.25) is 0 Å². The van der Waals surface area contributed by atoms with Crippen LogP contribution in [0, 0.1) is 0 Å². The van der Waals surface area contributed by atoms with Crippen molar-refractivity contribution in [2.75, 3.05) is 36.8 Å². The monoisotopic (exact) mass is 391 g/mol. The Balaban J connectivity index is 1.24. The number of anilines is 2. The maximum atomic E-state index is 5.61. The highest BCUT2D eigenvalue weighted by Gasteiger charge is 2.30. The Labute approximate surface area is 171 Å². The molecule has 0 amide bonds. The molecule has 1 saturated heterocycles. The van der Waals surface area contributed by atoms with Gasteiger partial charge in [-0.15, -0.1) is 0 Å². The summed E-state index contributed by atoms with van der Waals surface area (Å²) < 4.78 is 0. The Morgan fingerprint density at radius 3 is 2.68 bits per heavy atom. The Morgan fingerprint density at radius 2 is 1.86 bits per heavy atom. The fourth-order valence-corrected chi connectivity index (χ4v) is 4.70. The third kappa shape index (κ3) is 3.33. The fraction of sp³-hybridized carbons (Fsp3) is 0.364. The Hall–Kier alpha value is -2.60. The zero-order valence-electron chi connectivity index (χ0n) is 15.9. The van der Waals surface area contributed by atoms with Crippen LogP contribution >= 0.6 is 12.2 Å². The molecule has 1 atom stereocenters. The standard InChI is InChI=1S/C22H25N5S/c28-22(23-17-8-2-1-3-9-17)27-14-12-26(13-15-27)21-24-18-10-4-6-16-7-5-11-19(25-21)20(16)18/h1-4,6,8-10,19H,5,7,11-15H2,(H,23,28)(H,24,25). The summed E-state index contributed by atoms with van der Waals surface area (Å²) in [5.74, 6) is 1.03. The smallest absolute Gasteiger partial charge is 0.199 e. The molecular formula is C22H25N5S. The van der Waals surface area contributed by atoms with E-state index < -0.39 is 0 Å². The molecule has 2 aromatic carbocycles. The van der Waals surface area contributed by atoms with Gasteiger partial charge in [0.05, 0.1) is 6.04 Å². The van der Waals surface area contributed by atoms with Crippen molar-refractivity contribution in [2.24, 2.45) is 4.99 Å². The molecule has 2 aliphatic heterocycles. The summed E-state index contributed by atoms with van der Waals surface area (Å²) in [5, 5.41) is 7.74. The van der Waals surface area contributed by atoms with E-state index in [0.29, 0.717) is 6.04 Å². The highest BCUT2D eigenvalue weighted by Crippen LogP contribution is 2.40. The van der Waals surface area contributed by atoms with Crippen LogP contribution in [-0.2, 0) is 6.42 Å². The average Bonchev–Trinajstić information content (AvgIpc) is 2.75. The molecule has 0 bridgehead atoms. The molecule has 6 heteroatoms. The molecule has 1 unspecified atom stereocenters. The summed E-state index contributed by atoms with van der Waals surface area (Å²) in [4.78, 5) is 9.69. The van der Waals surface area contributed by atoms with E-state index in [0.717, 1.165) is 49.4 Å². The second-order valence-corrected chi connectivity index (χ2v) is 8.02. The van der Waals surface area contributed by atoms with E-state index in [-0.39, 0.29) is 0 Å². The number of nitrogens with one attached hydrogen (secondary N) is 2. The summed E-state index contributed by atoms with van der Waals surface area (Å²) in [6, 6.07) is 17.1. The molecule has 0 saturated carbocycles. The lowest BCUT2D eigenvalue weighted by atomic mass is 9.86. The average molecular weight is 392 g/mol. The molecule has 2 aromatic rings. The maximum absolute atomic E-state index is 5.61.